The Hall–Kier alpha value is -0.416. The molecule has 0 fully saturated rings. The molecule has 0 bridgehead atoms. The van der Waals surface area contributed by atoms with E-state index in [4.69, 9.17) is 10.0 Å². The van der Waals surface area contributed by atoms with Gasteiger partial charge < -0.3 is 19.7 Å². The molecule has 0 saturated carbocycles. The Morgan fingerprint density at radius 2 is 2.20 bits per heavy atom. The summed E-state index contributed by atoms with van der Waals surface area (Å²) in [5.74, 6) is 0.338. The predicted octanol–water partition coefficient (Wildman–Crippen LogP) is -0.640. The van der Waals surface area contributed by atoms with E-state index in [-0.39, 0.29) is 17.1 Å². The molecule has 0 aliphatic heterocycles. The Kier molecular flexibility index (Phi) is 4.22. The third kappa shape index (κ3) is 2.94. The van der Waals surface area contributed by atoms with Crippen LogP contribution in [0.15, 0.2) is 18.3 Å². The second-order valence-electron chi connectivity index (χ2n) is 1.48. The van der Waals surface area contributed by atoms with Crippen LogP contribution in [0.4, 0.5) is 0 Å². The van der Waals surface area contributed by atoms with Crippen LogP contribution >= 0.6 is 0 Å². The average molecular weight is 190 g/mol. The summed E-state index contributed by atoms with van der Waals surface area (Å²) in [4.78, 5) is 2.63. The van der Waals surface area contributed by atoms with Crippen molar-refractivity contribution < 1.29 is 31.8 Å². The maximum absolute atomic E-state index is 8.24. The van der Waals surface area contributed by atoms with E-state index in [1.54, 1.807) is 18.3 Å². The van der Waals surface area contributed by atoms with Gasteiger partial charge in [-0.3, -0.25) is 0 Å². The molecule has 59 valence electrons. The summed E-state index contributed by atoms with van der Waals surface area (Å²) in [6, 6.07) is 3.27. The monoisotopic (exact) mass is 190 g/mol. The zero-order valence-electron chi connectivity index (χ0n) is 4.91. The maximum atomic E-state index is 8.24. The second kappa shape index (κ2) is 4.41. The van der Waals surface area contributed by atoms with E-state index in [0.29, 0.717) is 5.88 Å². The molecule has 0 aliphatic rings. The van der Waals surface area contributed by atoms with Crippen molar-refractivity contribution in [1.29, 1.82) is 0 Å². The first-order valence-electron chi connectivity index (χ1n) is 2.45. The van der Waals surface area contributed by atoms with E-state index in [1.807, 2.05) is 0 Å². The number of aromatic nitrogens is 1. The molecule has 3 N–H and O–H groups in total. The number of nitrogens with one attached hydrogen (secondary N) is 1. The summed E-state index contributed by atoms with van der Waals surface area (Å²) in [5.41, 5.74) is 0. The Morgan fingerprint density at radius 3 is 2.60 bits per heavy atom. The van der Waals surface area contributed by atoms with Crippen molar-refractivity contribution in [1.82, 2.24) is 4.98 Å². The van der Waals surface area contributed by atoms with Crippen molar-refractivity contribution in [3.05, 3.63) is 18.3 Å². The molecular weight excluding hydrogens is 184 g/mol. The van der Waals surface area contributed by atoms with E-state index < -0.39 is 7.32 Å². The Balaban J connectivity index is 0.000000810. The predicted molar refractivity (Wildman–Crippen MR) is 31.6 cm³/mol. The van der Waals surface area contributed by atoms with Gasteiger partial charge in [0.25, 0.3) is 0 Å². The van der Waals surface area contributed by atoms with E-state index in [9.17, 15) is 0 Å². The van der Waals surface area contributed by atoms with Crippen LogP contribution < -0.4 is 4.65 Å². The topological polar surface area (TPSA) is 65.5 Å². The van der Waals surface area contributed by atoms with Crippen molar-refractivity contribution in [2.45, 2.75) is 0 Å². The SMILES string of the molecule is OB(O)Oc1ccc[nH]1.[Cu]. The van der Waals surface area contributed by atoms with Crippen molar-refractivity contribution in [3.8, 4) is 5.88 Å². The number of H-pyrrole nitrogens is 1. The van der Waals surface area contributed by atoms with Crippen LogP contribution in [0.3, 0.4) is 0 Å². The van der Waals surface area contributed by atoms with Crippen molar-refractivity contribution in [2.24, 2.45) is 0 Å². The van der Waals surface area contributed by atoms with Crippen molar-refractivity contribution >= 4 is 7.32 Å². The zero-order chi connectivity index (χ0) is 6.69. The minimum absolute atomic E-state index is 0. The molecule has 0 aromatic carbocycles. The molecule has 1 radical (unpaired) electrons. The second-order valence-corrected chi connectivity index (χ2v) is 1.48. The smallest absolute Gasteiger partial charge is 0.499 e. The summed E-state index contributed by atoms with van der Waals surface area (Å²) in [5, 5.41) is 16.5. The first-order valence-corrected chi connectivity index (χ1v) is 2.45. The number of rotatable bonds is 2. The zero-order valence-corrected chi connectivity index (χ0v) is 5.86. The van der Waals surface area contributed by atoms with Gasteiger partial charge in [-0.05, 0) is 12.1 Å². The fourth-order valence-corrected chi connectivity index (χ4v) is 0.501. The molecule has 4 nitrogen and oxygen atoms in total. The molecule has 10 heavy (non-hydrogen) atoms. The van der Waals surface area contributed by atoms with Crippen molar-refractivity contribution in [2.75, 3.05) is 0 Å². The average Bonchev–Trinajstić information content (AvgIpc) is 2.15. The van der Waals surface area contributed by atoms with Crippen LogP contribution in [0.1, 0.15) is 0 Å². The van der Waals surface area contributed by atoms with Crippen LogP contribution in [0.5, 0.6) is 5.88 Å². The molecule has 0 aliphatic carbocycles. The van der Waals surface area contributed by atoms with Gasteiger partial charge in [-0.15, -0.1) is 0 Å². The van der Waals surface area contributed by atoms with E-state index >= 15 is 0 Å². The van der Waals surface area contributed by atoms with E-state index in [1.165, 1.54) is 0 Å². The third-order valence-corrected chi connectivity index (χ3v) is 0.802. The van der Waals surface area contributed by atoms with Crippen LogP contribution in [0, 0.1) is 0 Å². The minimum atomic E-state index is -1.75. The van der Waals surface area contributed by atoms with Gasteiger partial charge in [0.2, 0.25) is 0 Å². The van der Waals surface area contributed by atoms with Crippen LogP contribution in [0.25, 0.3) is 0 Å². The summed E-state index contributed by atoms with van der Waals surface area (Å²) in [6.07, 6.45) is 1.62. The molecule has 6 heteroatoms. The molecule has 0 amide bonds. The molecule has 0 unspecified atom stereocenters. The minimum Gasteiger partial charge on any atom is -0.499 e. The van der Waals surface area contributed by atoms with Crippen molar-refractivity contribution in [3.63, 3.8) is 0 Å². The first kappa shape index (κ1) is 9.58. The maximum Gasteiger partial charge on any atom is 0.708 e. The van der Waals surface area contributed by atoms with Gasteiger partial charge >= 0.3 is 7.32 Å². The van der Waals surface area contributed by atoms with Gasteiger partial charge in [-0.1, -0.05) is 0 Å². The molecular formula is C4H6BCuNO3. The van der Waals surface area contributed by atoms with Gasteiger partial charge in [-0.25, -0.2) is 0 Å². The van der Waals surface area contributed by atoms with Crippen LogP contribution in [-0.4, -0.2) is 22.4 Å². The summed E-state index contributed by atoms with van der Waals surface area (Å²) in [7, 11) is -1.75. The normalized spacial score (nSPS) is 8.20. The fourth-order valence-electron chi connectivity index (χ4n) is 0.501. The molecule has 1 aromatic rings. The molecule has 1 rings (SSSR count). The summed E-state index contributed by atoms with van der Waals surface area (Å²) in [6.45, 7) is 0. The Morgan fingerprint density at radius 1 is 1.50 bits per heavy atom. The summed E-state index contributed by atoms with van der Waals surface area (Å²) >= 11 is 0. The Bertz CT molecular complexity index is 167. The quantitative estimate of drug-likeness (QED) is 0.544. The van der Waals surface area contributed by atoms with Gasteiger partial charge in [0.05, 0.1) is 0 Å². The first-order chi connectivity index (χ1) is 4.29. The van der Waals surface area contributed by atoms with E-state index in [2.05, 4.69) is 9.64 Å². The number of hydrogen-bond acceptors (Lipinski definition) is 3. The van der Waals surface area contributed by atoms with Gasteiger partial charge in [0.1, 0.15) is 0 Å². The number of hydrogen-bond donors (Lipinski definition) is 3. The fraction of sp³-hybridized carbons (Fsp3) is 0. The molecule has 0 spiro atoms. The van der Waals surface area contributed by atoms with Crippen LogP contribution in [-0.2, 0) is 17.1 Å². The Labute approximate surface area is 68.9 Å². The van der Waals surface area contributed by atoms with Gasteiger partial charge in [0.15, 0.2) is 5.88 Å². The molecule has 0 saturated heterocycles. The van der Waals surface area contributed by atoms with Crippen LogP contribution in [0.2, 0.25) is 0 Å². The summed E-state index contributed by atoms with van der Waals surface area (Å²) < 4.78 is 4.41. The molecule has 0 atom stereocenters. The largest absolute Gasteiger partial charge is 0.708 e. The molecule has 1 heterocycles. The third-order valence-electron chi connectivity index (χ3n) is 0.802. The van der Waals surface area contributed by atoms with Gasteiger partial charge in [0, 0.05) is 23.3 Å². The molecule has 1 aromatic heterocycles. The number of aromatic amines is 1. The van der Waals surface area contributed by atoms with E-state index in [0.717, 1.165) is 0 Å². The van der Waals surface area contributed by atoms with Gasteiger partial charge in [-0.2, -0.15) is 0 Å². The standard InChI is InChI=1S/C4H6BNO3.Cu/c7-5(8)9-4-2-1-3-6-4;/h1-3,6-8H;.